The summed E-state index contributed by atoms with van der Waals surface area (Å²) in [5.74, 6) is -82.8. The van der Waals surface area contributed by atoms with E-state index >= 15 is 0 Å². The molecule has 0 saturated heterocycles. The molecule has 40 heavy (non-hydrogen) atoms. The maximum atomic E-state index is 13.7. The molecule has 1 nitrogen and oxygen atoms in total. The predicted molar refractivity (Wildman–Crippen MR) is 80.5 cm³/mol. The van der Waals surface area contributed by atoms with Crippen molar-refractivity contribution in [3.63, 3.8) is 0 Å². The lowest BCUT2D eigenvalue weighted by Gasteiger charge is -2.44. The van der Waals surface area contributed by atoms with E-state index in [1.165, 1.54) is 0 Å². The van der Waals surface area contributed by atoms with Gasteiger partial charge < -0.3 is 4.74 Å². The van der Waals surface area contributed by atoms with E-state index in [2.05, 4.69) is 4.74 Å². The maximum Gasteiger partial charge on any atom is 0.471 e. The highest BCUT2D eigenvalue weighted by molar-refractivity contribution is 7.08. The number of thiophene rings is 1. The average Bonchev–Trinajstić information content (AvgIpc) is 3.23. The fourth-order valence-corrected chi connectivity index (χ4v) is 2.82. The zero-order valence-corrected chi connectivity index (χ0v) is 18.1. The van der Waals surface area contributed by atoms with Gasteiger partial charge in [-0.3, -0.25) is 0 Å². The van der Waals surface area contributed by atoms with E-state index in [4.69, 9.17) is 0 Å². The van der Waals surface area contributed by atoms with Gasteiger partial charge in [-0.2, -0.15) is 101 Å². The maximum absolute atomic E-state index is 13.7. The smallest absolute Gasteiger partial charge is 0.427 e. The second kappa shape index (κ2) is 9.19. The van der Waals surface area contributed by atoms with E-state index in [1.54, 1.807) is 0 Å². The molecule has 1 aromatic rings. The highest BCUT2D eigenvalue weighted by atomic mass is 32.1. The summed E-state index contributed by atoms with van der Waals surface area (Å²) in [5.41, 5.74) is 0. The topological polar surface area (TPSA) is 9.23 Å². The summed E-state index contributed by atoms with van der Waals surface area (Å²) in [4.78, 5) is 0. The molecule has 0 aliphatic rings. The Morgan fingerprint density at radius 2 is 0.675 bits per heavy atom. The average molecular weight is 668 g/mol. The number of alkyl halides is 23. The van der Waals surface area contributed by atoms with Crippen molar-refractivity contribution in [2.45, 2.75) is 65.6 Å². The van der Waals surface area contributed by atoms with Gasteiger partial charge in [0.2, 0.25) is 0 Å². The molecule has 0 saturated carbocycles. The van der Waals surface area contributed by atoms with Crippen LogP contribution in [0, 0.1) is 0 Å². The number of ether oxygens (including phenoxy) is 1. The molecular weight excluding hydrogens is 665 g/mol. The number of rotatable bonds is 11. The van der Waals surface area contributed by atoms with Crippen LogP contribution in [0.5, 0.6) is 5.75 Å². The molecule has 0 amide bonds. The Kier molecular flexibility index (Phi) is 8.26. The van der Waals surface area contributed by atoms with Gasteiger partial charge in [-0.05, 0) is 11.4 Å². The Balaban J connectivity index is 3.78. The zero-order chi connectivity index (χ0) is 32.6. The van der Waals surface area contributed by atoms with Gasteiger partial charge in [-0.1, -0.05) is 0 Å². The van der Waals surface area contributed by atoms with Crippen molar-refractivity contribution in [1.29, 1.82) is 0 Å². The lowest BCUT2D eigenvalue weighted by Crippen LogP contribution is -2.77. The summed E-state index contributed by atoms with van der Waals surface area (Å²) >= 11 is 0.224. The second-order valence-corrected chi connectivity index (χ2v) is 8.03. The van der Waals surface area contributed by atoms with Crippen LogP contribution in [-0.2, 0) is 0 Å². The predicted octanol–water partition coefficient (Wildman–Crippen LogP) is 9.00. The summed E-state index contributed by atoms with van der Waals surface area (Å²) in [6.45, 7) is 0. The lowest BCUT2D eigenvalue weighted by atomic mass is 9.86. The van der Waals surface area contributed by atoms with Gasteiger partial charge in [0.25, 0.3) is 0 Å². The minimum Gasteiger partial charge on any atom is -0.427 e. The summed E-state index contributed by atoms with van der Waals surface area (Å²) in [6.07, 6.45) is -15.3. The number of hydrogen-bond acceptors (Lipinski definition) is 2. The molecule has 0 fully saturated rings. The molecule has 0 atom stereocenters. The monoisotopic (exact) mass is 668 g/mol. The van der Waals surface area contributed by atoms with E-state index in [0.717, 1.165) is 0 Å². The normalized spacial score (nSPS) is 16.4. The lowest BCUT2D eigenvalue weighted by molar-refractivity contribution is -0.483. The van der Waals surface area contributed by atoms with E-state index < -0.39 is 71.3 Å². The van der Waals surface area contributed by atoms with Crippen molar-refractivity contribution < 1.29 is 106 Å². The molecule has 0 aliphatic heterocycles. The van der Waals surface area contributed by atoms with Crippen molar-refractivity contribution >= 4 is 11.3 Å². The van der Waals surface area contributed by atoms with Crippen molar-refractivity contribution in [2.24, 2.45) is 0 Å². The summed E-state index contributed by atoms with van der Waals surface area (Å²) in [6, 6.07) is 0.188. The molecule has 0 radical (unpaired) electrons. The molecule has 25 heteroatoms. The van der Waals surface area contributed by atoms with E-state index in [0.29, 0.717) is 5.38 Å². The number of hydrogen-bond donors (Lipinski definition) is 0. The number of halogens is 23. The molecule has 0 aliphatic carbocycles. The van der Waals surface area contributed by atoms with Gasteiger partial charge in [-0.25, -0.2) is 0 Å². The van der Waals surface area contributed by atoms with Crippen molar-refractivity contribution in [1.82, 2.24) is 0 Å². The van der Waals surface area contributed by atoms with Gasteiger partial charge in [0.1, 0.15) is 5.75 Å². The Bertz CT molecular complexity index is 1040. The zero-order valence-electron chi connectivity index (χ0n) is 17.2. The van der Waals surface area contributed by atoms with Crippen LogP contribution in [0.2, 0.25) is 0 Å². The minimum atomic E-state index is -9.42. The van der Waals surface area contributed by atoms with Gasteiger partial charge in [-0.15, -0.1) is 11.3 Å². The molecule has 1 rings (SSSR count). The summed E-state index contributed by atoms with van der Waals surface area (Å²) < 4.78 is 308. The standard InChI is InChI=1S/C15H3F23OS/c16-5(17,6(18,19)8(22,23)10(26,27)12(30,31)14(34,35)36)7(20,21)9(24,25)11(28,29)13(32,33)15(37,38)39-4-1-2-40-3-4/h1-3H. The van der Waals surface area contributed by atoms with Crippen molar-refractivity contribution in [3.8, 4) is 5.75 Å². The van der Waals surface area contributed by atoms with Crippen LogP contribution in [0.4, 0.5) is 101 Å². The Labute approximate surface area is 206 Å². The van der Waals surface area contributed by atoms with E-state index in [-0.39, 0.29) is 22.8 Å². The van der Waals surface area contributed by atoms with E-state index in [1.807, 2.05) is 0 Å². The van der Waals surface area contributed by atoms with Crippen LogP contribution in [0.15, 0.2) is 16.8 Å². The molecule has 0 spiro atoms. The fraction of sp³-hybridized carbons (Fsp3) is 0.733. The van der Waals surface area contributed by atoms with Gasteiger partial charge in [0.15, 0.2) is 0 Å². The first-order valence-corrected chi connectivity index (χ1v) is 9.58. The molecule has 0 aromatic carbocycles. The molecule has 0 unspecified atom stereocenters. The molecular formula is C15H3F23OS. The summed E-state index contributed by atoms with van der Waals surface area (Å²) in [5, 5.41) is 0.841. The first-order valence-electron chi connectivity index (χ1n) is 8.64. The molecule has 0 N–H and O–H groups in total. The van der Waals surface area contributed by atoms with Crippen LogP contribution >= 0.6 is 11.3 Å². The Morgan fingerprint density at radius 1 is 0.400 bits per heavy atom. The highest BCUT2D eigenvalue weighted by Crippen LogP contribution is 2.67. The summed E-state index contributed by atoms with van der Waals surface area (Å²) in [7, 11) is 0. The first kappa shape index (κ1) is 35.9. The largest absolute Gasteiger partial charge is 0.471 e. The molecule has 1 aromatic heterocycles. The van der Waals surface area contributed by atoms with Crippen LogP contribution in [0.25, 0.3) is 0 Å². The van der Waals surface area contributed by atoms with E-state index in [9.17, 15) is 101 Å². The third-order valence-corrected chi connectivity index (χ3v) is 5.28. The molecule has 1 heterocycles. The van der Waals surface area contributed by atoms with Gasteiger partial charge in [0, 0.05) is 5.38 Å². The van der Waals surface area contributed by atoms with Crippen LogP contribution < -0.4 is 4.74 Å². The third kappa shape index (κ3) is 4.38. The Morgan fingerprint density at radius 3 is 0.925 bits per heavy atom. The first-order chi connectivity index (χ1) is 17.1. The van der Waals surface area contributed by atoms with Crippen LogP contribution in [0.1, 0.15) is 0 Å². The second-order valence-electron chi connectivity index (χ2n) is 7.25. The SMILES string of the molecule is FC(F)(F)C(F)(F)C(F)(F)C(F)(F)C(F)(F)C(F)(F)C(F)(F)C(F)(F)C(F)(F)C(F)(F)C(F)(F)Oc1ccsc1. The quantitative estimate of drug-likeness (QED) is 0.214. The van der Waals surface area contributed by atoms with Gasteiger partial charge in [0.05, 0.1) is 0 Å². The molecule has 0 bridgehead atoms. The van der Waals surface area contributed by atoms with Crippen LogP contribution in [-0.4, -0.2) is 65.6 Å². The fourth-order valence-electron chi connectivity index (χ4n) is 2.26. The minimum absolute atomic E-state index is 0.188. The van der Waals surface area contributed by atoms with Crippen molar-refractivity contribution in [3.05, 3.63) is 16.8 Å². The molecule has 236 valence electrons. The van der Waals surface area contributed by atoms with Gasteiger partial charge >= 0.3 is 65.6 Å². The third-order valence-electron chi connectivity index (χ3n) is 4.62. The highest BCUT2D eigenvalue weighted by Gasteiger charge is 2.99. The van der Waals surface area contributed by atoms with Crippen LogP contribution in [0.3, 0.4) is 0 Å². The Hall–Kier alpha value is -2.11. The van der Waals surface area contributed by atoms with Crippen molar-refractivity contribution in [2.75, 3.05) is 0 Å².